The molecule has 0 aliphatic carbocycles. The van der Waals surface area contributed by atoms with Crippen molar-refractivity contribution in [2.24, 2.45) is 0 Å². The zero-order valence-corrected chi connectivity index (χ0v) is 12.8. The van der Waals surface area contributed by atoms with Gasteiger partial charge in [-0.1, -0.05) is 41.1 Å². The molecule has 0 aliphatic rings. The van der Waals surface area contributed by atoms with Crippen LogP contribution in [0.15, 0.2) is 46.9 Å². The van der Waals surface area contributed by atoms with Crippen molar-refractivity contribution in [3.05, 3.63) is 69.7 Å². The van der Waals surface area contributed by atoms with Crippen molar-refractivity contribution in [2.45, 2.75) is 19.4 Å². The Bertz CT molecular complexity index is 569. The third-order valence-electron chi connectivity index (χ3n) is 3.14. The first-order valence-corrected chi connectivity index (χ1v) is 7.32. The van der Waals surface area contributed by atoms with Gasteiger partial charge in [0.15, 0.2) is 0 Å². The molecule has 0 saturated carbocycles. The second kappa shape index (κ2) is 6.95. The Morgan fingerprint density at radius 1 is 1.10 bits per heavy atom. The summed E-state index contributed by atoms with van der Waals surface area (Å²) in [6, 6.07) is 11.3. The first-order valence-electron chi connectivity index (χ1n) is 6.53. The van der Waals surface area contributed by atoms with Crippen LogP contribution in [0.25, 0.3) is 0 Å². The minimum Gasteiger partial charge on any atom is -0.310 e. The Morgan fingerprint density at radius 3 is 2.40 bits per heavy atom. The van der Waals surface area contributed by atoms with E-state index in [4.69, 9.17) is 0 Å². The van der Waals surface area contributed by atoms with Crippen LogP contribution in [0.1, 0.15) is 24.1 Å². The minimum atomic E-state index is -0.261. The summed E-state index contributed by atoms with van der Waals surface area (Å²) in [6.45, 7) is 2.72. The van der Waals surface area contributed by atoms with Crippen LogP contribution in [0.3, 0.4) is 0 Å². The molecule has 1 nitrogen and oxygen atoms in total. The van der Waals surface area contributed by atoms with Crippen LogP contribution in [0.5, 0.6) is 0 Å². The maximum Gasteiger partial charge on any atom is 0.129 e. The number of halogens is 3. The fourth-order valence-corrected chi connectivity index (χ4v) is 2.51. The molecule has 0 radical (unpaired) electrons. The highest BCUT2D eigenvalue weighted by atomic mass is 79.9. The van der Waals surface area contributed by atoms with Crippen molar-refractivity contribution in [1.29, 1.82) is 0 Å². The van der Waals surface area contributed by atoms with Gasteiger partial charge in [0, 0.05) is 16.1 Å². The van der Waals surface area contributed by atoms with Crippen molar-refractivity contribution in [3.63, 3.8) is 0 Å². The van der Waals surface area contributed by atoms with Gasteiger partial charge in [0.05, 0.1) is 0 Å². The summed E-state index contributed by atoms with van der Waals surface area (Å²) in [5.41, 5.74) is 1.60. The number of hydrogen-bond acceptors (Lipinski definition) is 1. The molecule has 2 aromatic rings. The Kier molecular flexibility index (Phi) is 5.26. The summed E-state index contributed by atoms with van der Waals surface area (Å²) in [5.74, 6) is -0.504. The van der Waals surface area contributed by atoms with E-state index in [1.807, 2.05) is 13.0 Å². The van der Waals surface area contributed by atoms with Gasteiger partial charge in [0.25, 0.3) is 0 Å². The summed E-state index contributed by atoms with van der Waals surface area (Å²) in [4.78, 5) is 0. The van der Waals surface area contributed by atoms with Crippen LogP contribution in [0.2, 0.25) is 0 Å². The fraction of sp³-hybridized carbons (Fsp3) is 0.250. The molecule has 0 aliphatic heterocycles. The van der Waals surface area contributed by atoms with Gasteiger partial charge < -0.3 is 5.32 Å². The smallest absolute Gasteiger partial charge is 0.129 e. The van der Waals surface area contributed by atoms with Crippen LogP contribution in [0.4, 0.5) is 8.78 Å². The van der Waals surface area contributed by atoms with Crippen LogP contribution in [-0.4, -0.2) is 6.54 Å². The average Bonchev–Trinajstić information content (AvgIpc) is 2.41. The predicted molar refractivity (Wildman–Crippen MR) is 80.6 cm³/mol. The molecule has 4 heteroatoms. The molecule has 0 bridgehead atoms. The number of nitrogens with one attached hydrogen (secondary N) is 1. The molecule has 0 saturated heterocycles. The van der Waals surface area contributed by atoms with Gasteiger partial charge in [-0.2, -0.15) is 0 Å². The lowest BCUT2D eigenvalue weighted by Crippen LogP contribution is -2.24. The Morgan fingerprint density at radius 2 is 1.80 bits per heavy atom. The van der Waals surface area contributed by atoms with Crippen molar-refractivity contribution in [3.8, 4) is 0 Å². The second-order valence-electron chi connectivity index (χ2n) is 4.61. The summed E-state index contributed by atoms with van der Waals surface area (Å²) >= 11 is 3.26. The van der Waals surface area contributed by atoms with Crippen molar-refractivity contribution in [2.75, 3.05) is 6.54 Å². The molecule has 0 aromatic heterocycles. The van der Waals surface area contributed by atoms with E-state index in [1.165, 1.54) is 18.2 Å². The van der Waals surface area contributed by atoms with Crippen LogP contribution >= 0.6 is 15.9 Å². The highest BCUT2D eigenvalue weighted by molar-refractivity contribution is 9.10. The first kappa shape index (κ1) is 15.1. The monoisotopic (exact) mass is 339 g/mol. The van der Waals surface area contributed by atoms with Crippen LogP contribution < -0.4 is 5.32 Å². The quantitative estimate of drug-likeness (QED) is 0.837. The number of rotatable bonds is 5. The van der Waals surface area contributed by atoms with Crippen molar-refractivity contribution in [1.82, 2.24) is 5.32 Å². The Labute approximate surface area is 126 Å². The predicted octanol–water partition coefficient (Wildman–Crippen LogP) is 4.62. The molecule has 2 aromatic carbocycles. The molecule has 106 valence electrons. The number of benzene rings is 2. The van der Waals surface area contributed by atoms with Crippen molar-refractivity contribution < 1.29 is 8.78 Å². The highest BCUT2D eigenvalue weighted by Gasteiger charge is 2.15. The molecule has 20 heavy (non-hydrogen) atoms. The standard InChI is InChI=1S/C16H16BrF2N/c1-2-20-16(9-11-3-6-13(18)7-4-11)14-8-5-12(17)10-15(14)19/h3-8,10,16,20H,2,9H2,1H3. The van der Waals surface area contributed by atoms with E-state index >= 15 is 0 Å². The number of likely N-dealkylation sites (N-methyl/N-ethyl adjacent to an activating group) is 1. The first-order chi connectivity index (χ1) is 9.60. The molecule has 0 fully saturated rings. The summed E-state index contributed by atoms with van der Waals surface area (Å²) < 4.78 is 27.7. The topological polar surface area (TPSA) is 12.0 Å². The molecule has 0 amide bonds. The van der Waals surface area contributed by atoms with Crippen LogP contribution in [0, 0.1) is 11.6 Å². The molecule has 1 atom stereocenters. The lowest BCUT2D eigenvalue weighted by atomic mass is 9.98. The van der Waals surface area contributed by atoms with Crippen molar-refractivity contribution >= 4 is 15.9 Å². The van der Waals surface area contributed by atoms with E-state index in [0.717, 1.165) is 16.6 Å². The largest absolute Gasteiger partial charge is 0.310 e. The highest BCUT2D eigenvalue weighted by Crippen LogP contribution is 2.24. The lowest BCUT2D eigenvalue weighted by Gasteiger charge is -2.19. The van der Waals surface area contributed by atoms with Gasteiger partial charge in [-0.15, -0.1) is 0 Å². The Hall–Kier alpha value is -1.26. The Balaban J connectivity index is 2.24. The summed E-state index contributed by atoms with van der Waals surface area (Å²) in [7, 11) is 0. The van der Waals surface area contributed by atoms with Gasteiger partial charge in [-0.3, -0.25) is 0 Å². The van der Waals surface area contributed by atoms with E-state index in [1.54, 1.807) is 18.2 Å². The second-order valence-corrected chi connectivity index (χ2v) is 5.52. The van der Waals surface area contributed by atoms with E-state index in [0.29, 0.717) is 12.0 Å². The minimum absolute atomic E-state index is 0.126. The SMILES string of the molecule is CCNC(Cc1ccc(F)cc1)c1ccc(Br)cc1F. The molecular weight excluding hydrogens is 324 g/mol. The number of hydrogen-bond donors (Lipinski definition) is 1. The molecule has 1 N–H and O–H groups in total. The third kappa shape index (κ3) is 3.87. The lowest BCUT2D eigenvalue weighted by molar-refractivity contribution is 0.509. The van der Waals surface area contributed by atoms with Crippen LogP contribution in [-0.2, 0) is 6.42 Å². The van der Waals surface area contributed by atoms with Gasteiger partial charge in [0.2, 0.25) is 0 Å². The zero-order chi connectivity index (χ0) is 14.5. The summed E-state index contributed by atoms with van der Waals surface area (Å²) in [5, 5.41) is 3.27. The fourth-order valence-electron chi connectivity index (χ4n) is 2.18. The van der Waals surface area contributed by atoms with Gasteiger partial charge in [0.1, 0.15) is 11.6 Å². The third-order valence-corrected chi connectivity index (χ3v) is 3.63. The summed E-state index contributed by atoms with van der Waals surface area (Å²) in [6.07, 6.45) is 0.618. The molecule has 0 heterocycles. The van der Waals surface area contributed by atoms with Gasteiger partial charge >= 0.3 is 0 Å². The van der Waals surface area contributed by atoms with E-state index in [9.17, 15) is 8.78 Å². The maximum absolute atomic E-state index is 14.1. The molecular formula is C16H16BrF2N. The maximum atomic E-state index is 14.1. The average molecular weight is 340 g/mol. The van der Waals surface area contributed by atoms with E-state index in [2.05, 4.69) is 21.2 Å². The van der Waals surface area contributed by atoms with E-state index < -0.39 is 0 Å². The molecule has 1 unspecified atom stereocenters. The normalized spacial score (nSPS) is 12.4. The van der Waals surface area contributed by atoms with E-state index in [-0.39, 0.29) is 17.7 Å². The molecule has 0 spiro atoms. The van der Waals surface area contributed by atoms with Gasteiger partial charge in [-0.25, -0.2) is 8.78 Å². The zero-order valence-electron chi connectivity index (χ0n) is 11.2. The van der Waals surface area contributed by atoms with Gasteiger partial charge in [-0.05, 0) is 42.8 Å². The molecule has 2 rings (SSSR count).